The van der Waals surface area contributed by atoms with Gasteiger partial charge in [0.05, 0.1) is 18.4 Å². The van der Waals surface area contributed by atoms with Crippen LogP contribution in [0.4, 0.5) is 0 Å². The summed E-state index contributed by atoms with van der Waals surface area (Å²) in [6.07, 6.45) is 30.7. The summed E-state index contributed by atoms with van der Waals surface area (Å²) < 4.78 is 17.3. The van der Waals surface area contributed by atoms with E-state index in [0.717, 1.165) is 57.4 Å². The Labute approximate surface area is 351 Å². The van der Waals surface area contributed by atoms with Gasteiger partial charge < -0.3 is 14.2 Å². The molecule has 3 rings (SSSR count). The zero-order valence-corrected chi connectivity index (χ0v) is 37.9. The summed E-state index contributed by atoms with van der Waals surface area (Å²) >= 11 is 0. The van der Waals surface area contributed by atoms with Gasteiger partial charge in [-0.1, -0.05) is 117 Å². The maximum Gasteiger partial charge on any atom is 0.310 e. The van der Waals surface area contributed by atoms with Crippen LogP contribution in [0.25, 0.3) is 5.57 Å². The lowest BCUT2D eigenvalue weighted by Crippen LogP contribution is -2.38. The highest BCUT2D eigenvalue weighted by Crippen LogP contribution is 2.38. The number of ether oxygens (including phenoxy) is 3. The Balaban J connectivity index is 0.00000571. The fourth-order valence-electron chi connectivity index (χ4n) is 7.48. The van der Waals surface area contributed by atoms with Crippen LogP contribution in [0, 0.1) is 41.4 Å². The van der Waals surface area contributed by atoms with Gasteiger partial charge >= 0.3 is 11.9 Å². The molecule has 2 aliphatic rings. The first kappa shape index (κ1) is 49.3. The summed E-state index contributed by atoms with van der Waals surface area (Å²) in [4.78, 5) is 25.2. The second-order valence-corrected chi connectivity index (χ2v) is 18.4. The molecule has 5 nitrogen and oxygen atoms in total. The Bertz CT molecular complexity index is 1920. The van der Waals surface area contributed by atoms with Crippen molar-refractivity contribution in [2.45, 2.75) is 121 Å². The number of rotatable bonds is 15. The molecule has 0 fully saturated rings. The molecule has 0 amide bonds. The lowest BCUT2D eigenvalue weighted by atomic mass is 9.71. The van der Waals surface area contributed by atoms with Crippen LogP contribution in [0.2, 0.25) is 0 Å². The van der Waals surface area contributed by atoms with E-state index in [1.807, 2.05) is 78.2 Å². The van der Waals surface area contributed by atoms with Crippen molar-refractivity contribution < 1.29 is 23.8 Å². The van der Waals surface area contributed by atoms with E-state index in [4.69, 9.17) is 14.2 Å². The minimum atomic E-state index is -0.537. The van der Waals surface area contributed by atoms with Crippen molar-refractivity contribution in [2.24, 2.45) is 28.6 Å². The van der Waals surface area contributed by atoms with E-state index in [1.54, 1.807) is 0 Å². The van der Waals surface area contributed by atoms with Crippen LogP contribution < -0.4 is 0 Å². The van der Waals surface area contributed by atoms with Crippen LogP contribution in [0.5, 0.6) is 0 Å². The quantitative estimate of drug-likeness (QED) is 0.0767. The molecule has 58 heavy (non-hydrogen) atoms. The standard InChI is InChI=1S/C51H68O5.C2H2/c1-15-38(21-18-30-55-48(53)35(3)34-49(5,6)7)42-28-29-43(33-44(32-42)41-24-22-37(23-25-41)31-46(52)56-51(11,12)13)40-20-17-19-39(26-27-40)36(4)47(54-14)45(16-2)50(8,9)10;1-2/h15,17-18,20-28,32-33,35-36,45,47H,16,30-31,34H2,1-14H3;1-2H/b21-18-,38-15+;. The van der Waals surface area contributed by atoms with Crippen molar-refractivity contribution in [3.8, 4) is 12.8 Å². The highest BCUT2D eigenvalue weighted by Gasteiger charge is 2.35. The van der Waals surface area contributed by atoms with Crippen molar-refractivity contribution in [3.63, 3.8) is 0 Å². The van der Waals surface area contributed by atoms with Crippen LogP contribution in [0.1, 0.15) is 114 Å². The number of hydrogen-bond acceptors (Lipinski definition) is 5. The van der Waals surface area contributed by atoms with Gasteiger partial charge in [0, 0.05) is 18.6 Å². The number of terminal acetylenes is 1. The predicted molar refractivity (Wildman–Crippen MR) is 243 cm³/mol. The third kappa shape index (κ3) is 15.8. The predicted octanol–water partition coefficient (Wildman–Crippen LogP) is 12.6. The van der Waals surface area contributed by atoms with Gasteiger partial charge in [-0.05, 0) is 126 Å². The maximum atomic E-state index is 12.7. The first-order valence-corrected chi connectivity index (χ1v) is 20.6. The van der Waals surface area contributed by atoms with E-state index in [9.17, 15) is 9.59 Å². The molecular formula is C53H70O5. The van der Waals surface area contributed by atoms with Crippen LogP contribution in [0.15, 0.2) is 124 Å². The summed E-state index contributed by atoms with van der Waals surface area (Å²) in [5, 5.41) is 0. The molecule has 0 spiro atoms. The fourth-order valence-corrected chi connectivity index (χ4v) is 7.48. The highest BCUT2D eigenvalue weighted by molar-refractivity contribution is 5.82. The monoisotopic (exact) mass is 787 g/mol. The second kappa shape index (κ2) is 22.3. The van der Waals surface area contributed by atoms with Gasteiger partial charge in [-0.3, -0.25) is 9.59 Å². The summed E-state index contributed by atoms with van der Waals surface area (Å²) in [6, 6.07) is 8.07. The Morgan fingerprint density at radius 2 is 1.55 bits per heavy atom. The van der Waals surface area contributed by atoms with E-state index >= 15 is 0 Å². The zero-order valence-electron chi connectivity index (χ0n) is 37.9. The molecule has 312 valence electrons. The normalized spacial score (nSPS) is 16.9. The number of benzene rings is 1. The van der Waals surface area contributed by atoms with Gasteiger partial charge in [0.25, 0.3) is 0 Å². The second-order valence-electron chi connectivity index (χ2n) is 18.4. The number of esters is 2. The van der Waals surface area contributed by atoms with E-state index in [0.29, 0.717) is 5.92 Å². The third-order valence-electron chi connectivity index (χ3n) is 10.1. The van der Waals surface area contributed by atoms with Crippen molar-refractivity contribution in [1.82, 2.24) is 0 Å². The first-order valence-electron chi connectivity index (χ1n) is 20.6. The average molecular weight is 787 g/mol. The van der Waals surface area contributed by atoms with Crippen LogP contribution in [0.3, 0.4) is 0 Å². The van der Waals surface area contributed by atoms with Gasteiger partial charge in [-0.15, -0.1) is 24.3 Å². The van der Waals surface area contributed by atoms with E-state index in [2.05, 4.69) is 128 Å². The smallest absolute Gasteiger partial charge is 0.310 e. The van der Waals surface area contributed by atoms with Gasteiger partial charge in [0.1, 0.15) is 12.2 Å². The number of carbonyl (C=O) groups excluding carboxylic acids is 2. The maximum absolute atomic E-state index is 12.7. The first-order chi connectivity index (χ1) is 27.1. The Morgan fingerprint density at radius 3 is 2.10 bits per heavy atom. The molecule has 0 N–H and O–H groups in total. The molecule has 5 heteroatoms. The highest BCUT2D eigenvalue weighted by atomic mass is 16.6. The number of methoxy groups -OCH3 is 1. The number of allylic oxidation sites excluding steroid dienone is 12. The molecule has 0 aliphatic heterocycles. The molecule has 4 unspecified atom stereocenters. The average Bonchev–Trinajstić information content (AvgIpc) is 3.52. The molecule has 0 aromatic heterocycles. The molecular weight excluding hydrogens is 717 g/mol. The number of hydrogen-bond donors (Lipinski definition) is 0. The fraction of sp³-hybridized carbons (Fsp3) is 0.472. The zero-order chi connectivity index (χ0) is 43.8. The molecule has 2 aliphatic carbocycles. The lowest BCUT2D eigenvalue weighted by molar-refractivity contribution is -0.154. The molecule has 1 aromatic carbocycles. The topological polar surface area (TPSA) is 61.8 Å². The molecule has 0 bridgehead atoms. The molecule has 0 heterocycles. The van der Waals surface area contributed by atoms with Crippen LogP contribution >= 0.6 is 0 Å². The summed E-state index contributed by atoms with van der Waals surface area (Å²) in [6.45, 7) is 27.5. The summed E-state index contributed by atoms with van der Waals surface area (Å²) in [5.74, 6) is -0.0727. The van der Waals surface area contributed by atoms with Crippen LogP contribution in [-0.2, 0) is 30.2 Å². The van der Waals surface area contributed by atoms with E-state index < -0.39 is 5.60 Å². The molecule has 0 saturated heterocycles. The minimum Gasteiger partial charge on any atom is -0.461 e. The Morgan fingerprint density at radius 1 is 0.897 bits per heavy atom. The van der Waals surface area contributed by atoms with Gasteiger partial charge in [-0.25, -0.2) is 0 Å². The third-order valence-corrected chi connectivity index (χ3v) is 10.1. The van der Waals surface area contributed by atoms with Crippen LogP contribution in [-0.4, -0.2) is 37.4 Å². The Kier molecular flexibility index (Phi) is 19.0. The lowest BCUT2D eigenvalue weighted by Gasteiger charge is -2.39. The summed E-state index contributed by atoms with van der Waals surface area (Å²) in [7, 11) is 1.82. The van der Waals surface area contributed by atoms with Gasteiger partial charge in [-0.2, -0.15) is 0 Å². The number of carbonyl (C=O) groups is 2. The van der Waals surface area contributed by atoms with Crippen molar-refractivity contribution in [3.05, 3.63) is 135 Å². The van der Waals surface area contributed by atoms with Crippen molar-refractivity contribution in [2.75, 3.05) is 13.7 Å². The van der Waals surface area contributed by atoms with Crippen molar-refractivity contribution >= 4 is 17.5 Å². The van der Waals surface area contributed by atoms with E-state index in [-0.39, 0.29) is 53.7 Å². The largest absolute Gasteiger partial charge is 0.461 e. The Hall–Kier alpha value is -4.84. The molecule has 4 atom stereocenters. The summed E-state index contributed by atoms with van der Waals surface area (Å²) in [5.41, 5.74) is 14.6. The molecule has 0 radical (unpaired) electrons. The molecule has 0 saturated carbocycles. The van der Waals surface area contributed by atoms with Crippen molar-refractivity contribution in [1.29, 1.82) is 0 Å². The SMILES string of the molecule is C#C.C/C=C(\C=C/COC(=O)C(C)CC(C)(C)C)C1=CC(c2ccc(CC(=O)OC(C)(C)C)cc2)=CC(C2=CC=C=C(C(C)C(OC)C(CC)C(C)(C)C)C=C2)=C=C1. The van der Waals surface area contributed by atoms with Gasteiger partial charge in [0.2, 0.25) is 0 Å². The minimum absolute atomic E-state index is 0.0499. The van der Waals surface area contributed by atoms with Gasteiger partial charge in [0.15, 0.2) is 0 Å². The van der Waals surface area contributed by atoms with E-state index in [1.165, 1.54) is 0 Å². The molecule has 1 aromatic rings.